The molecular weight excluding hydrogens is 180 g/mol. The van der Waals surface area contributed by atoms with Crippen LogP contribution in [0.4, 0.5) is 0 Å². The molecule has 0 nitrogen and oxygen atoms in total. The van der Waals surface area contributed by atoms with E-state index in [1.54, 1.807) is 0 Å². The van der Waals surface area contributed by atoms with Crippen LogP contribution < -0.4 is 0 Å². The molecule has 15 heavy (non-hydrogen) atoms. The summed E-state index contributed by atoms with van der Waals surface area (Å²) in [7, 11) is 0. The van der Waals surface area contributed by atoms with Crippen LogP contribution in [-0.2, 0) is 0 Å². The summed E-state index contributed by atoms with van der Waals surface area (Å²) >= 11 is 0. The largest absolute Gasteiger partial charge is 0.0988 e. The minimum Gasteiger partial charge on any atom is -0.0988 e. The van der Waals surface area contributed by atoms with Crippen molar-refractivity contribution in [3.8, 4) is 11.8 Å². The van der Waals surface area contributed by atoms with E-state index in [1.807, 2.05) is 6.08 Å². The van der Waals surface area contributed by atoms with Crippen molar-refractivity contribution in [2.24, 2.45) is 0 Å². The lowest BCUT2D eigenvalue weighted by Crippen LogP contribution is -1.87. The SMILES string of the molecule is CCC#C/C=C/c1c(C)cc(C)cc1C. The first kappa shape index (κ1) is 11.6. The van der Waals surface area contributed by atoms with Crippen LogP contribution >= 0.6 is 0 Å². The maximum absolute atomic E-state index is 3.03. The summed E-state index contributed by atoms with van der Waals surface area (Å²) in [6.45, 7) is 8.48. The Bertz CT molecular complexity index is 402. The quantitative estimate of drug-likeness (QED) is 0.597. The molecule has 0 atom stereocenters. The van der Waals surface area contributed by atoms with E-state index in [0.29, 0.717) is 0 Å². The zero-order valence-corrected chi connectivity index (χ0v) is 10.0. The Balaban J connectivity index is 3.00. The molecule has 0 fully saturated rings. The van der Waals surface area contributed by atoms with E-state index >= 15 is 0 Å². The highest BCUT2D eigenvalue weighted by molar-refractivity contribution is 5.60. The highest BCUT2D eigenvalue weighted by Crippen LogP contribution is 2.17. The summed E-state index contributed by atoms with van der Waals surface area (Å²) in [6, 6.07) is 4.42. The second kappa shape index (κ2) is 5.41. The first-order valence-electron chi connectivity index (χ1n) is 5.38. The molecule has 0 saturated heterocycles. The van der Waals surface area contributed by atoms with E-state index in [9.17, 15) is 0 Å². The molecule has 0 aliphatic carbocycles. The lowest BCUT2D eigenvalue weighted by Gasteiger charge is -2.06. The van der Waals surface area contributed by atoms with Crippen LogP contribution in [0.15, 0.2) is 18.2 Å². The van der Waals surface area contributed by atoms with E-state index in [1.165, 1.54) is 22.3 Å². The lowest BCUT2D eigenvalue weighted by molar-refractivity contribution is 1.28. The highest BCUT2D eigenvalue weighted by atomic mass is 14.0. The standard InChI is InChI=1S/C15H18/c1-5-6-7-8-9-15-13(3)10-12(2)11-14(15)4/h8-11H,5H2,1-4H3/b9-8+. The first-order valence-corrected chi connectivity index (χ1v) is 5.38. The minimum absolute atomic E-state index is 0.913. The normalized spacial score (nSPS) is 10.1. The summed E-state index contributed by atoms with van der Waals surface area (Å²) in [4.78, 5) is 0. The van der Waals surface area contributed by atoms with Crippen LogP contribution in [0.1, 0.15) is 35.6 Å². The summed E-state index contributed by atoms with van der Waals surface area (Å²) in [5.41, 5.74) is 5.26. The molecule has 0 spiro atoms. The average molecular weight is 198 g/mol. The monoisotopic (exact) mass is 198 g/mol. The van der Waals surface area contributed by atoms with Gasteiger partial charge in [-0.2, -0.15) is 0 Å². The Kier molecular flexibility index (Phi) is 4.18. The second-order valence-electron chi connectivity index (χ2n) is 3.82. The Morgan fingerprint density at radius 1 is 1.13 bits per heavy atom. The molecule has 78 valence electrons. The van der Waals surface area contributed by atoms with Gasteiger partial charge in [0, 0.05) is 6.42 Å². The smallest absolute Gasteiger partial charge is 0.00637 e. The van der Waals surface area contributed by atoms with Crippen LogP contribution in [0.3, 0.4) is 0 Å². The van der Waals surface area contributed by atoms with Crippen molar-refractivity contribution in [3.63, 3.8) is 0 Å². The fourth-order valence-corrected chi connectivity index (χ4v) is 1.74. The van der Waals surface area contributed by atoms with Gasteiger partial charge in [-0.25, -0.2) is 0 Å². The first-order chi connectivity index (χ1) is 7.15. The molecule has 0 aliphatic heterocycles. The maximum Gasteiger partial charge on any atom is 0.00637 e. The number of allylic oxidation sites excluding steroid dienone is 1. The Hall–Kier alpha value is -1.48. The third-order valence-corrected chi connectivity index (χ3v) is 2.35. The van der Waals surface area contributed by atoms with Gasteiger partial charge in [-0.05, 0) is 49.6 Å². The van der Waals surface area contributed by atoms with Gasteiger partial charge in [0.1, 0.15) is 0 Å². The zero-order chi connectivity index (χ0) is 11.3. The molecule has 0 heteroatoms. The van der Waals surface area contributed by atoms with Crippen LogP contribution in [0.25, 0.3) is 6.08 Å². The van der Waals surface area contributed by atoms with Gasteiger partial charge in [0.2, 0.25) is 0 Å². The predicted molar refractivity (Wildman–Crippen MR) is 67.8 cm³/mol. The van der Waals surface area contributed by atoms with Gasteiger partial charge in [0.25, 0.3) is 0 Å². The van der Waals surface area contributed by atoms with E-state index < -0.39 is 0 Å². The van der Waals surface area contributed by atoms with Crippen LogP contribution in [0, 0.1) is 32.6 Å². The fourth-order valence-electron chi connectivity index (χ4n) is 1.74. The molecule has 0 N–H and O–H groups in total. The molecule has 0 unspecified atom stereocenters. The van der Waals surface area contributed by atoms with E-state index in [0.717, 1.165) is 6.42 Å². The summed E-state index contributed by atoms with van der Waals surface area (Å²) in [6.07, 6.45) is 4.96. The van der Waals surface area contributed by atoms with Gasteiger partial charge in [-0.3, -0.25) is 0 Å². The number of hydrogen-bond acceptors (Lipinski definition) is 0. The van der Waals surface area contributed by atoms with Gasteiger partial charge in [0.05, 0.1) is 0 Å². The molecular formula is C15H18. The van der Waals surface area contributed by atoms with Crippen molar-refractivity contribution in [3.05, 3.63) is 40.5 Å². The number of aryl methyl sites for hydroxylation is 3. The lowest BCUT2D eigenvalue weighted by atomic mass is 9.99. The van der Waals surface area contributed by atoms with Crippen LogP contribution in [0.2, 0.25) is 0 Å². The summed E-state index contributed by atoms with van der Waals surface area (Å²) < 4.78 is 0. The second-order valence-corrected chi connectivity index (χ2v) is 3.82. The molecule has 0 radical (unpaired) electrons. The van der Waals surface area contributed by atoms with Gasteiger partial charge >= 0.3 is 0 Å². The Morgan fingerprint density at radius 2 is 1.73 bits per heavy atom. The van der Waals surface area contributed by atoms with Crippen LogP contribution in [0.5, 0.6) is 0 Å². The number of rotatable bonds is 1. The summed E-state index contributed by atoms with van der Waals surface area (Å²) in [5, 5.41) is 0. The molecule has 1 aromatic carbocycles. The summed E-state index contributed by atoms with van der Waals surface area (Å²) in [5.74, 6) is 6.05. The fraction of sp³-hybridized carbons (Fsp3) is 0.333. The number of hydrogen-bond donors (Lipinski definition) is 0. The van der Waals surface area contributed by atoms with Crippen LogP contribution in [-0.4, -0.2) is 0 Å². The Morgan fingerprint density at radius 3 is 2.27 bits per heavy atom. The molecule has 1 aromatic rings. The number of benzene rings is 1. The maximum atomic E-state index is 3.03. The van der Waals surface area contributed by atoms with Crippen molar-refractivity contribution < 1.29 is 0 Å². The molecule has 0 heterocycles. The average Bonchev–Trinajstić information content (AvgIpc) is 2.15. The Labute approximate surface area is 93.0 Å². The van der Waals surface area contributed by atoms with Gasteiger partial charge in [-0.1, -0.05) is 36.5 Å². The molecule has 1 rings (SSSR count). The third kappa shape index (κ3) is 3.29. The minimum atomic E-state index is 0.913. The van der Waals surface area contributed by atoms with E-state index in [4.69, 9.17) is 0 Å². The molecule has 0 aliphatic rings. The van der Waals surface area contributed by atoms with Gasteiger partial charge < -0.3 is 0 Å². The topological polar surface area (TPSA) is 0 Å². The molecule has 0 bridgehead atoms. The van der Waals surface area contributed by atoms with Crippen molar-refractivity contribution in [2.45, 2.75) is 34.1 Å². The van der Waals surface area contributed by atoms with Crippen molar-refractivity contribution in [2.75, 3.05) is 0 Å². The van der Waals surface area contributed by atoms with Crippen molar-refractivity contribution in [1.82, 2.24) is 0 Å². The van der Waals surface area contributed by atoms with Crippen molar-refractivity contribution in [1.29, 1.82) is 0 Å². The van der Waals surface area contributed by atoms with Gasteiger partial charge in [0.15, 0.2) is 0 Å². The van der Waals surface area contributed by atoms with E-state index in [-0.39, 0.29) is 0 Å². The molecule has 0 amide bonds. The van der Waals surface area contributed by atoms with Crippen molar-refractivity contribution >= 4 is 6.08 Å². The van der Waals surface area contributed by atoms with Gasteiger partial charge in [-0.15, -0.1) is 0 Å². The van der Waals surface area contributed by atoms with E-state index in [2.05, 4.69) is 57.7 Å². The predicted octanol–water partition coefficient (Wildman–Crippen LogP) is 4.04. The molecule has 0 aromatic heterocycles. The zero-order valence-electron chi connectivity index (χ0n) is 10.0. The molecule has 0 saturated carbocycles. The highest BCUT2D eigenvalue weighted by Gasteiger charge is 1.98. The third-order valence-electron chi connectivity index (χ3n) is 2.35.